The molecule has 4 heteroatoms. The first-order chi connectivity index (χ1) is 9.09. The number of hydrogen-bond acceptors (Lipinski definition) is 3. The number of unbranched alkanes of at least 4 members (excludes halogenated alkanes) is 1. The van der Waals surface area contributed by atoms with Crippen LogP contribution in [0.5, 0.6) is 0 Å². The average molecular weight is 269 g/mol. The summed E-state index contributed by atoms with van der Waals surface area (Å²) in [5, 5.41) is 6.48. The minimum Gasteiger partial charge on any atom is -0.352 e. The Morgan fingerprint density at radius 3 is 2.53 bits per heavy atom. The standard InChI is InChI=1S/C15H31N3O/c1-13(16-11-7-8-12-18(2)3)15(19)17-14-9-5-4-6-10-14/h13-14,16H,4-12H2,1-3H3,(H,17,19). The molecule has 0 saturated heterocycles. The van der Waals surface area contributed by atoms with E-state index in [1.54, 1.807) is 0 Å². The average Bonchev–Trinajstić information content (AvgIpc) is 2.38. The molecular formula is C15H31N3O. The van der Waals surface area contributed by atoms with Crippen molar-refractivity contribution in [1.82, 2.24) is 15.5 Å². The van der Waals surface area contributed by atoms with Crippen molar-refractivity contribution >= 4 is 5.91 Å². The number of amides is 1. The number of nitrogens with zero attached hydrogens (tertiary/aromatic N) is 1. The van der Waals surface area contributed by atoms with Gasteiger partial charge in [0.15, 0.2) is 0 Å². The van der Waals surface area contributed by atoms with Crippen molar-refractivity contribution in [2.45, 2.75) is 64.0 Å². The molecule has 0 aromatic rings. The lowest BCUT2D eigenvalue weighted by molar-refractivity contribution is -0.123. The molecule has 2 N–H and O–H groups in total. The van der Waals surface area contributed by atoms with Crippen molar-refractivity contribution in [1.29, 1.82) is 0 Å². The highest BCUT2D eigenvalue weighted by atomic mass is 16.2. The molecule has 1 saturated carbocycles. The third-order valence-corrected chi connectivity index (χ3v) is 3.83. The fourth-order valence-corrected chi connectivity index (χ4v) is 2.54. The Balaban J connectivity index is 2.07. The second-order valence-corrected chi connectivity index (χ2v) is 6.03. The van der Waals surface area contributed by atoms with Gasteiger partial charge in [-0.25, -0.2) is 0 Å². The fourth-order valence-electron chi connectivity index (χ4n) is 2.54. The predicted octanol–water partition coefficient (Wildman–Crippen LogP) is 1.76. The molecule has 1 atom stereocenters. The largest absolute Gasteiger partial charge is 0.352 e. The van der Waals surface area contributed by atoms with Crippen LogP contribution in [0.1, 0.15) is 51.9 Å². The molecule has 1 rings (SSSR count). The van der Waals surface area contributed by atoms with Crippen LogP contribution in [0.25, 0.3) is 0 Å². The summed E-state index contributed by atoms with van der Waals surface area (Å²) in [6, 6.07) is 0.348. The highest BCUT2D eigenvalue weighted by molar-refractivity contribution is 5.81. The molecule has 0 radical (unpaired) electrons. The Kier molecular flexibility index (Phi) is 8.07. The Hall–Kier alpha value is -0.610. The summed E-state index contributed by atoms with van der Waals surface area (Å²) in [4.78, 5) is 14.2. The zero-order valence-corrected chi connectivity index (χ0v) is 12.9. The Morgan fingerprint density at radius 1 is 1.21 bits per heavy atom. The number of nitrogens with one attached hydrogen (secondary N) is 2. The highest BCUT2D eigenvalue weighted by Crippen LogP contribution is 2.17. The number of carbonyl (C=O) groups excluding carboxylic acids is 1. The van der Waals surface area contributed by atoms with E-state index in [0.717, 1.165) is 32.4 Å². The lowest BCUT2D eigenvalue weighted by Crippen LogP contribution is -2.47. The van der Waals surface area contributed by atoms with Crippen LogP contribution >= 0.6 is 0 Å². The van der Waals surface area contributed by atoms with Crippen molar-refractivity contribution in [2.24, 2.45) is 0 Å². The van der Waals surface area contributed by atoms with Crippen molar-refractivity contribution in [3.63, 3.8) is 0 Å². The summed E-state index contributed by atoms with van der Waals surface area (Å²) in [5.41, 5.74) is 0. The van der Waals surface area contributed by atoms with Gasteiger partial charge in [0.05, 0.1) is 6.04 Å². The van der Waals surface area contributed by atoms with Gasteiger partial charge in [0.1, 0.15) is 0 Å². The first-order valence-corrected chi connectivity index (χ1v) is 7.78. The lowest BCUT2D eigenvalue weighted by atomic mass is 9.95. The molecule has 0 bridgehead atoms. The van der Waals surface area contributed by atoms with E-state index in [0.29, 0.717) is 6.04 Å². The predicted molar refractivity (Wildman–Crippen MR) is 80.3 cm³/mol. The zero-order chi connectivity index (χ0) is 14.1. The second kappa shape index (κ2) is 9.32. The third-order valence-electron chi connectivity index (χ3n) is 3.83. The molecule has 1 unspecified atom stereocenters. The highest BCUT2D eigenvalue weighted by Gasteiger charge is 2.18. The maximum absolute atomic E-state index is 12.0. The van der Waals surface area contributed by atoms with E-state index in [-0.39, 0.29) is 11.9 Å². The topological polar surface area (TPSA) is 44.4 Å². The van der Waals surface area contributed by atoms with Gasteiger partial charge in [0.2, 0.25) is 5.91 Å². The minimum absolute atomic E-state index is 0.0683. The van der Waals surface area contributed by atoms with E-state index in [9.17, 15) is 4.79 Å². The molecule has 4 nitrogen and oxygen atoms in total. The Labute approximate surface area is 118 Å². The first-order valence-electron chi connectivity index (χ1n) is 7.78. The van der Waals surface area contributed by atoms with E-state index in [2.05, 4.69) is 29.6 Å². The quantitative estimate of drug-likeness (QED) is 0.660. The maximum Gasteiger partial charge on any atom is 0.237 e. The summed E-state index contributed by atoms with van der Waals surface area (Å²) in [7, 11) is 4.18. The summed E-state index contributed by atoms with van der Waals surface area (Å²) < 4.78 is 0. The SMILES string of the molecule is CC(NCCCCN(C)C)C(=O)NC1CCCCC1. The summed E-state index contributed by atoms with van der Waals surface area (Å²) in [6.45, 7) is 4.00. The van der Waals surface area contributed by atoms with E-state index in [1.165, 1.54) is 25.7 Å². The van der Waals surface area contributed by atoms with Gasteiger partial charge >= 0.3 is 0 Å². The molecule has 0 aromatic carbocycles. The van der Waals surface area contributed by atoms with Crippen LogP contribution in [-0.4, -0.2) is 50.1 Å². The monoisotopic (exact) mass is 269 g/mol. The van der Waals surface area contributed by atoms with Crippen molar-refractivity contribution in [3.05, 3.63) is 0 Å². The molecule has 0 aliphatic heterocycles. The van der Waals surface area contributed by atoms with Gasteiger partial charge in [-0.15, -0.1) is 0 Å². The van der Waals surface area contributed by atoms with Crippen LogP contribution < -0.4 is 10.6 Å². The summed E-state index contributed by atoms with van der Waals surface area (Å²) >= 11 is 0. The van der Waals surface area contributed by atoms with E-state index < -0.39 is 0 Å². The number of rotatable bonds is 8. The molecule has 1 fully saturated rings. The molecule has 0 spiro atoms. The summed E-state index contributed by atoms with van der Waals surface area (Å²) in [5.74, 6) is 0.166. The zero-order valence-electron chi connectivity index (χ0n) is 12.9. The molecule has 1 aliphatic rings. The van der Waals surface area contributed by atoms with Crippen LogP contribution in [0.3, 0.4) is 0 Å². The minimum atomic E-state index is -0.0683. The van der Waals surface area contributed by atoms with Gasteiger partial charge in [0, 0.05) is 6.04 Å². The van der Waals surface area contributed by atoms with Crippen LogP contribution in [0.2, 0.25) is 0 Å². The first kappa shape index (κ1) is 16.4. The molecule has 1 aliphatic carbocycles. The van der Waals surface area contributed by atoms with E-state index >= 15 is 0 Å². The van der Waals surface area contributed by atoms with Crippen molar-refractivity contribution in [2.75, 3.05) is 27.2 Å². The van der Waals surface area contributed by atoms with Gasteiger partial charge in [-0.3, -0.25) is 4.79 Å². The van der Waals surface area contributed by atoms with Crippen LogP contribution in [0, 0.1) is 0 Å². The lowest BCUT2D eigenvalue weighted by Gasteiger charge is -2.24. The van der Waals surface area contributed by atoms with Crippen LogP contribution in [0.15, 0.2) is 0 Å². The molecule has 1 amide bonds. The molecule has 0 heterocycles. The smallest absolute Gasteiger partial charge is 0.237 e. The van der Waals surface area contributed by atoms with Gasteiger partial charge in [-0.1, -0.05) is 19.3 Å². The number of hydrogen-bond donors (Lipinski definition) is 2. The molecule has 112 valence electrons. The normalized spacial score (nSPS) is 18.5. The van der Waals surface area contributed by atoms with Gasteiger partial charge in [-0.2, -0.15) is 0 Å². The Bertz CT molecular complexity index is 250. The van der Waals surface area contributed by atoms with Gasteiger partial charge < -0.3 is 15.5 Å². The number of carbonyl (C=O) groups is 1. The molecular weight excluding hydrogens is 238 g/mol. The van der Waals surface area contributed by atoms with Crippen molar-refractivity contribution in [3.8, 4) is 0 Å². The Morgan fingerprint density at radius 2 is 1.89 bits per heavy atom. The van der Waals surface area contributed by atoms with Gasteiger partial charge in [0.25, 0.3) is 0 Å². The fraction of sp³-hybridized carbons (Fsp3) is 0.933. The van der Waals surface area contributed by atoms with E-state index in [1.807, 2.05) is 6.92 Å². The molecule has 0 aromatic heterocycles. The van der Waals surface area contributed by atoms with Gasteiger partial charge in [-0.05, 0) is 59.8 Å². The van der Waals surface area contributed by atoms with Crippen LogP contribution in [0.4, 0.5) is 0 Å². The summed E-state index contributed by atoms with van der Waals surface area (Å²) in [6.07, 6.45) is 8.46. The van der Waals surface area contributed by atoms with Crippen molar-refractivity contribution < 1.29 is 4.79 Å². The third kappa shape index (κ3) is 7.53. The second-order valence-electron chi connectivity index (χ2n) is 6.03. The van der Waals surface area contributed by atoms with Crippen LogP contribution in [-0.2, 0) is 4.79 Å². The maximum atomic E-state index is 12.0. The van der Waals surface area contributed by atoms with E-state index in [4.69, 9.17) is 0 Å². The molecule has 19 heavy (non-hydrogen) atoms.